The molecule has 2 aliphatic heterocycles. The lowest BCUT2D eigenvalue weighted by Gasteiger charge is -2.43. The molecule has 2 saturated heterocycles. The lowest BCUT2D eigenvalue weighted by Crippen LogP contribution is -2.53. The second kappa shape index (κ2) is 6.24. The van der Waals surface area contributed by atoms with E-state index in [0.717, 1.165) is 38.2 Å². The molecule has 3 rings (SSSR count). The number of rotatable bonds is 3. The largest absolute Gasteiger partial charge is 0.327 e. The van der Waals surface area contributed by atoms with Gasteiger partial charge in [-0.2, -0.15) is 0 Å². The highest BCUT2D eigenvalue weighted by molar-refractivity contribution is 5.21. The van der Waals surface area contributed by atoms with Gasteiger partial charge in [0.15, 0.2) is 0 Å². The Kier molecular flexibility index (Phi) is 4.50. The van der Waals surface area contributed by atoms with E-state index in [1.54, 1.807) is 0 Å². The van der Waals surface area contributed by atoms with Crippen LogP contribution in [0.1, 0.15) is 31.9 Å². The maximum absolute atomic E-state index is 13.1. The minimum Gasteiger partial charge on any atom is -0.327 e. The molecule has 1 aromatic rings. The molecule has 0 saturated carbocycles. The third-order valence-corrected chi connectivity index (χ3v) is 5.21. The molecule has 0 amide bonds. The molecule has 5 heteroatoms. The highest BCUT2D eigenvalue weighted by Crippen LogP contribution is 2.31. The van der Waals surface area contributed by atoms with Gasteiger partial charge in [-0.1, -0.05) is 26.0 Å². The number of hydrogen-bond donors (Lipinski definition) is 3. The first-order valence-electron chi connectivity index (χ1n) is 8.17. The Morgan fingerprint density at radius 1 is 1.32 bits per heavy atom. The number of likely N-dealkylation sites (tertiary alicyclic amines) is 1. The summed E-state index contributed by atoms with van der Waals surface area (Å²) in [5.74, 6) is 0.300. The third-order valence-electron chi connectivity index (χ3n) is 5.21. The third kappa shape index (κ3) is 3.33. The molecule has 0 spiro atoms. The van der Waals surface area contributed by atoms with Gasteiger partial charge in [0.05, 0.1) is 6.04 Å². The van der Waals surface area contributed by atoms with E-state index in [4.69, 9.17) is 5.73 Å². The van der Waals surface area contributed by atoms with Gasteiger partial charge in [0.1, 0.15) is 5.82 Å². The SMILES string of the molecule is CC1(C)CN(CC2CNNC2c2ccc(F)cc2)CCC1N. The highest BCUT2D eigenvalue weighted by atomic mass is 19.1. The number of hydrogen-bond acceptors (Lipinski definition) is 4. The Bertz CT molecular complexity index is 502. The van der Waals surface area contributed by atoms with Gasteiger partial charge in [-0.25, -0.2) is 9.82 Å². The summed E-state index contributed by atoms with van der Waals surface area (Å²) in [4.78, 5) is 2.53. The first-order valence-corrected chi connectivity index (χ1v) is 8.17. The molecule has 0 radical (unpaired) electrons. The van der Waals surface area contributed by atoms with Crippen LogP contribution in [0, 0.1) is 17.2 Å². The molecule has 3 unspecified atom stereocenters. The Labute approximate surface area is 132 Å². The molecule has 3 atom stereocenters. The molecule has 0 bridgehead atoms. The summed E-state index contributed by atoms with van der Waals surface area (Å²) in [6.07, 6.45) is 1.06. The Hall–Kier alpha value is -1.01. The zero-order chi connectivity index (χ0) is 15.7. The van der Waals surface area contributed by atoms with Crippen molar-refractivity contribution in [1.82, 2.24) is 15.8 Å². The molecule has 4 N–H and O–H groups in total. The van der Waals surface area contributed by atoms with Crippen molar-refractivity contribution in [3.05, 3.63) is 35.6 Å². The van der Waals surface area contributed by atoms with Crippen LogP contribution in [-0.4, -0.2) is 37.1 Å². The normalized spacial score (nSPS) is 32.3. The summed E-state index contributed by atoms with van der Waals surface area (Å²) in [6.45, 7) is 8.60. The standard InChI is InChI=1S/C17H27FN4/c1-17(2)11-22(8-7-15(17)19)10-13-9-20-21-16(13)12-3-5-14(18)6-4-12/h3-6,13,15-16,20-21H,7-11,19H2,1-2H3. The van der Waals surface area contributed by atoms with Gasteiger partial charge < -0.3 is 10.6 Å². The van der Waals surface area contributed by atoms with Crippen LogP contribution in [0.2, 0.25) is 0 Å². The summed E-state index contributed by atoms with van der Waals surface area (Å²) in [5, 5.41) is 0. The van der Waals surface area contributed by atoms with E-state index in [2.05, 4.69) is 29.6 Å². The van der Waals surface area contributed by atoms with Crippen molar-refractivity contribution in [3.63, 3.8) is 0 Å². The fraction of sp³-hybridized carbons (Fsp3) is 0.647. The van der Waals surface area contributed by atoms with Crippen molar-refractivity contribution in [1.29, 1.82) is 0 Å². The van der Waals surface area contributed by atoms with Crippen LogP contribution in [0.15, 0.2) is 24.3 Å². The number of benzene rings is 1. The molecule has 2 heterocycles. The molecule has 1 aromatic carbocycles. The van der Waals surface area contributed by atoms with Crippen molar-refractivity contribution in [3.8, 4) is 0 Å². The zero-order valence-corrected chi connectivity index (χ0v) is 13.5. The van der Waals surface area contributed by atoms with Crippen LogP contribution in [0.3, 0.4) is 0 Å². The van der Waals surface area contributed by atoms with Gasteiger partial charge in [-0.05, 0) is 36.1 Å². The summed E-state index contributed by atoms with van der Waals surface area (Å²) < 4.78 is 13.1. The van der Waals surface area contributed by atoms with Gasteiger partial charge in [0, 0.05) is 31.6 Å². The summed E-state index contributed by atoms with van der Waals surface area (Å²) >= 11 is 0. The second-order valence-corrected chi connectivity index (χ2v) is 7.43. The second-order valence-electron chi connectivity index (χ2n) is 7.43. The maximum Gasteiger partial charge on any atom is 0.123 e. The fourth-order valence-electron chi connectivity index (χ4n) is 3.70. The predicted octanol–water partition coefficient (Wildman–Crippen LogP) is 1.65. The monoisotopic (exact) mass is 306 g/mol. The molecule has 2 fully saturated rings. The van der Waals surface area contributed by atoms with Crippen LogP contribution in [0.25, 0.3) is 0 Å². The Morgan fingerprint density at radius 3 is 2.73 bits per heavy atom. The number of halogens is 1. The van der Waals surface area contributed by atoms with Crippen LogP contribution >= 0.6 is 0 Å². The topological polar surface area (TPSA) is 53.3 Å². The van der Waals surface area contributed by atoms with Crippen molar-refractivity contribution < 1.29 is 4.39 Å². The van der Waals surface area contributed by atoms with Crippen molar-refractivity contribution in [2.75, 3.05) is 26.2 Å². The summed E-state index contributed by atoms with van der Waals surface area (Å²) in [5.41, 5.74) is 14.1. The summed E-state index contributed by atoms with van der Waals surface area (Å²) in [6, 6.07) is 7.35. The fourth-order valence-corrected chi connectivity index (χ4v) is 3.70. The molecule has 22 heavy (non-hydrogen) atoms. The zero-order valence-electron chi connectivity index (χ0n) is 13.5. The van der Waals surface area contributed by atoms with E-state index >= 15 is 0 Å². The number of nitrogens with one attached hydrogen (secondary N) is 2. The van der Waals surface area contributed by atoms with E-state index in [0.29, 0.717) is 5.92 Å². The van der Waals surface area contributed by atoms with Crippen LogP contribution in [-0.2, 0) is 0 Å². The molecule has 122 valence electrons. The Balaban J connectivity index is 1.65. The molecular formula is C17H27FN4. The van der Waals surface area contributed by atoms with Crippen LogP contribution < -0.4 is 16.6 Å². The van der Waals surface area contributed by atoms with Gasteiger partial charge in [-0.15, -0.1) is 0 Å². The molecule has 4 nitrogen and oxygen atoms in total. The van der Waals surface area contributed by atoms with Gasteiger partial charge in [0.25, 0.3) is 0 Å². The average Bonchev–Trinajstić information content (AvgIpc) is 2.92. The summed E-state index contributed by atoms with van der Waals surface area (Å²) in [7, 11) is 0. The quantitative estimate of drug-likeness (QED) is 0.795. The lowest BCUT2D eigenvalue weighted by atomic mass is 9.79. The minimum atomic E-state index is -0.182. The van der Waals surface area contributed by atoms with Crippen molar-refractivity contribution in [2.24, 2.45) is 17.1 Å². The van der Waals surface area contributed by atoms with Crippen LogP contribution in [0.4, 0.5) is 4.39 Å². The van der Waals surface area contributed by atoms with E-state index in [9.17, 15) is 4.39 Å². The van der Waals surface area contributed by atoms with Crippen LogP contribution in [0.5, 0.6) is 0 Å². The van der Waals surface area contributed by atoms with E-state index < -0.39 is 0 Å². The maximum atomic E-state index is 13.1. The first-order chi connectivity index (χ1) is 10.5. The molecule has 2 aliphatic rings. The van der Waals surface area contributed by atoms with E-state index in [1.807, 2.05) is 12.1 Å². The highest BCUT2D eigenvalue weighted by Gasteiger charge is 2.36. The van der Waals surface area contributed by atoms with E-state index in [1.165, 1.54) is 12.1 Å². The number of nitrogens with two attached hydrogens (primary N) is 1. The molecular weight excluding hydrogens is 279 g/mol. The smallest absolute Gasteiger partial charge is 0.123 e. The molecule has 0 aliphatic carbocycles. The predicted molar refractivity (Wildman–Crippen MR) is 86.6 cm³/mol. The number of nitrogens with zero attached hydrogens (tertiary/aromatic N) is 1. The van der Waals surface area contributed by atoms with Gasteiger partial charge in [-0.3, -0.25) is 5.43 Å². The first kappa shape index (κ1) is 15.9. The van der Waals surface area contributed by atoms with E-state index in [-0.39, 0.29) is 23.3 Å². The number of piperidine rings is 1. The van der Waals surface area contributed by atoms with Crippen molar-refractivity contribution >= 4 is 0 Å². The average molecular weight is 306 g/mol. The van der Waals surface area contributed by atoms with Crippen molar-refractivity contribution in [2.45, 2.75) is 32.4 Å². The minimum absolute atomic E-state index is 0.170. The number of hydrazine groups is 1. The van der Waals surface area contributed by atoms with Gasteiger partial charge >= 0.3 is 0 Å². The Morgan fingerprint density at radius 2 is 2.05 bits per heavy atom. The van der Waals surface area contributed by atoms with Gasteiger partial charge in [0.2, 0.25) is 0 Å². The molecule has 0 aromatic heterocycles. The lowest BCUT2D eigenvalue weighted by molar-refractivity contribution is 0.0816.